The lowest BCUT2D eigenvalue weighted by Crippen LogP contribution is -2.50. The average Bonchev–Trinajstić information content (AvgIpc) is 2.72. The third-order valence-corrected chi connectivity index (χ3v) is 4.20. The number of hydrogen-bond donors (Lipinski definition) is 1. The lowest BCUT2D eigenvalue weighted by molar-refractivity contribution is -0.129. The molecule has 1 unspecified atom stereocenters. The fourth-order valence-corrected chi connectivity index (χ4v) is 2.73. The van der Waals surface area contributed by atoms with Crippen LogP contribution in [0.4, 0.5) is 10.5 Å². The van der Waals surface area contributed by atoms with E-state index in [0.717, 1.165) is 17.0 Å². The highest BCUT2D eigenvalue weighted by molar-refractivity contribution is 5.95. The van der Waals surface area contributed by atoms with Gasteiger partial charge < -0.3 is 24.4 Å². The quantitative estimate of drug-likeness (QED) is 0.845. The number of methoxy groups -OCH3 is 1. The Bertz CT molecular complexity index is 764. The molecule has 2 aromatic carbocycles. The Labute approximate surface area is 157 Å². The molecule has 1 heterocycles. The first-order valence-corrected chi connectivity index (χ1v) is 8.66. The van der Waals surface area contributed by atoms with E-state index in [2.05, 4.69) is 5.32 Å². The van der Waals surface area contributed by atoms with E-state index in [9.17, 15) is 9.59 Å². The monoisotopic (exact) mass is 370 g/mol. The molecule has 0 aromatic heterocycles. The number of rotatable bonds is 6. The van der Waals surface area contributed by atoms with Crippen molar-refractivity contribution in [3.05, 3.63) is 60.2 Å². The van der Waals surface area contributed by atoms with Crippen molar-refractivity contribution in [1.82, 2.24) is 5.32 Å². The summed E-state index contributed by atoms with van der Waals surface area (Å²) in [5.74, 6) is 0.599. The highest BCUT2D eigenvalue weighted by Crippen LogP contribution is 2.21. The Morgan fingerprint density at radius 2 is 1.93 bits per heavy atom. The fourth-order valence-electron chi connectivity index (χ4n) is 2.73. The number of benzene rings is 2. The van der Waals surface area contributed by atoms with E-state index in [0.29, 0.717) is 6.54 Å². The molecular weight excluding hydrogens is 348 g/mol. The Morgan fingerprint density at radius 3 is 2.63 bits per heavy atom. The van der Waals surface area contributed by atoms with E-state index in [1.807, 2.05) is 42.5 Å². The van der Waals surface area contributed by atoms with E-state index in [4.69, 9.17) is 14.2 Å². The molecule has 1 fully saturated rings. The molecule has 1 atom stereocenters. The van der Waals surface area contributed by atoms with Crippen LogP contribution in [0.5, 0.6) is 5.75 Å². The van der Waals surface area contributed by atoms with Crippen LogP contribution in [-0.4, -0.2) is 44.9 Å². The maximum absolute atomic E-state index is 12.1. The van der Waals surface area contributed by atoms with E-state index in [1.165, 1.54) is 0 Å². The Balaban J connectivity index is 1.48. The summed E-state index contributed by atoms with van der Waals surface area (Å²) >= 11 is 0. The molecule has 1 saturated heterocycles. The molecule has 27 heavy (non-hydrogen) atoms. The summed E-state index contributed by atoms with van der Waals surface area (Å²) in [6.07, 6.45) is -0.829. The third-order valence-electron chi connectivity index (χ3n) is 4.20. The van der Waals surface area contributed by atoms with Gasteiger partial charge in [0, 0.05) is 12.2 Å². The second-order valence-electron chi connectivity index (χ2n) is 6.08. The molecule has 1 N–H and O–H groups in total. The van der Waals surface area contributed by atoms with Gasteiger partial charge in [-0.2, -0.15) is 0 Å². The van der Waals surface area contributed by atoms with Crippen LogP contribution in [0, 0.1) is 0 Å². The molecule has 142 valence electrons. The number of morpholine rings is 1. The van der Waals surface area contributed by atoms with Gasteiger partial charge in [-0.05, 0) is 29.8 Å². The largest absolute Gasteiger partial charge is 0.497 e. The highest BCUT2D eigenvalue weighted by Gasteiger charge is 2.27. The van der Waals surface area contributed by atoms with Crippen molar-refractivity contribution in [2.24, 2.45) is 0 Å². The maximum atomic E-state index is 12.1. The molecule has 2 amide bonds. The van der Waals surface area contributed by atoms with Crippen molar-refractivity contribution in [3.8, 4) is 5.75 Å². The van der Waals surface area contributed by atoms with Gasteiger partial charge in [0.05, 0.1) is 19.8 Å². The van der Waals surface area contributed by atoms with Gasteiger partial charge in [-0.15, -0.1) is 0 Å². The smallest absolute Gasteiger partial charge is 0.407 e. The van der Waals surface area contributed by atoms with Gasteiger partial charge in [-0.25, -0.2) is 4.79 Å². The van der Waals surface area contributed by atoms with Gasteiger partial charge in [-0.3, -0.25) is 4.79 Å². The van der Waals surface area contributed by atoms with Gasteiger partial charge in [0.25, 0.3) is 5.91 Å². The van der Waals surface area contributed by atoms with E-state index in [-0.39, 0.29) is 31.8 Å². The van der Waals surface area contributed by atoms with E-state index < -0.39 is 6.09 Å². The third kappa shape index (κ3) is 5.21. The molecule has 0 bridgehead atoms. The lowest BCUT2D eigenvalue weighted by atomic mass is 10.2. The summed E-state index contributed by atoms with van der Waals surface area (Å²) in [7, 11) is 1.59. The zero-order chi connectivity index (χ0) is 19.1. The number of amides is 2. The van der Waals surface area contributed by atoms with E-state index in [1.54, 1.807) is 24.1 Å². The highest BCUT2D eigenvalue weighted by atomic mass is 16.5. The standard InChI is InChI=1S/C20H22N2O5/c1-25-17-9-7-16(8-10-17)22-12-18(26-14-19(22)23)11-21-20(24)27-13-15-5-3-2-4-6-15/h2-10,18H,11-14H2,1H3,(H,21,24). The van der Waals surface area contributed by atoms with Crippen molar-refractivity contribution in [1.29, 1.82) is 0 Å². The SMILES string of the molecule is COc1ccc(N2CC(CNC(=O)OCc3ccccc3)OCC2=O)cc1. The molecule has 1 aliphatic rings. The molecule has 0 saturated carbocycles. The number of nitrogens with one attached hydrogen (secondary N) is 1. The van der Waals surface area contributed by atoms with Gasteiger partial charge in [0.2, 0.25) is 0 Å². The summed E-state index contributed by atoms with van der Waals surface area (Å²) < 4.78 is 15.8. The Kier molecular flexibility index (Phi) is 6.27. The van der Waals surface area contributed by atoms with Crippen LogP contribution in [0.2, 0.25) is 0 Å². The predicted octanol–water partition coefficient (Wildman–Crippen LogP) is 2.35. The normalized spacial score (nSPS) is 16.7. The van der Waals surface area contributed by atoms with Gasteiger partial charge >= 0.3 is 6.09 Å². The van der Waals surface area contributed by atoms with Crippen molar-refractivity contribution in [2.75, 3.05) is 31.7 Å². The average molecular weight is 370 g/mol. The van der Waals surface area contributed by atoms with Crippen LogP contribution >= 0.6 is 0 Å². The van der Waals surface area contributed by atoms with Gasteiger partial charge in [0.15, 0.2) is 0 Å². The summed E-state index contributed by atoms with van der Waals surface area (Å²) in [6.45, 7) is 0.782. The first-order chi connectivity index (χ1) is 13.2. The zero-order valence-corrected chi connectivity index (χ0v) is 15.1. The molecule has 1 aliphatic heterocycles. The van der Waals surface area contributed by atoms with Crippen LogP contribution < -0.4 is 15.0 Å². The molecule has 0 aliphatic carbocycles. The zero-order valence-electron chi connectivity index (χ0n) is 15.1. The van der Waals surface area contributed by atoms with Crippen molar-refractivity contribution in [2.45, 2.75) is 12.7 Å². The molecule has 2 aromatic rings. The maximum Gasteiger partial charge on any atom is 0.407 e. The van der Waals surface area contributed by atoms with Crippen LogP contribution in [0.1, 0.15) is 5.56 Å². The van der Waals surface area contributed by atoms with Crippen molar-refractivity contribution >= 4 is 17.7 Å². The first-order valence-electron chi connectivity index (χ1n) is 8.66. The van der Waals surface area contributed by atoms with Crippen LogP contribution in [0.25, 0.3) is 0 Å². The van der Waals surface area contributed by atoms with Crippen LogP contribution in [-0.2, 0) is 20.9 Å². The molecule has 3 rings (SSSR count). The summed E-state index contributed by atoms with van der Waals surface area (Å²) in [6, 6.07) is 16.7. The molecule has 7 nitrogen and oxygen atoms in total. The summed E-state index contributed by atoms with van der Waals surface area (Å²) in [5, 5.41) is 2.68. The molecule has 0 radical (unpaired) electrons. The second-order valence-corrected chi connectivity index (χ2v) is 6.08. The summed E-state index contributed by atoms with van der Waals surface area (Å²) in [5.41, 5.74) is 1.68. The minimum absolute atomic E-state index is 0.0303. The van der Waals surface area contributed by atoms with Crippen LogP contribution in [0.3, 0.4) is 0 Å². The van der Waals surface area contributed by atoms with Crippen molar-refractivity contribution < 1.29 is 23.8 Å². The summed E-state index contributed by atoms with van der Waals surface area (Å²) in [4.78, 5) is 25.7. The lowest BCUT2D eigenvalue weighted by Gasteiger charge is -2.32. The first kappa shape index (κ1) is 18.7. The predicted molar refractivity (Wildman–Crippen MR) is 99.7 cm³/mol. The van der Waals surface area contributed by atoms with Crippen LogP contribution in [0.15, 0.2) is 54.6 Å². The molecule has 7 heteroatoms. The minimum Gasteiger partial charge on any atom is -0.497 e. The molecule has 0 spiro atoms. The number of ether oxygens (including phenoxy) is 3. The fraction of sp³-hybridized carbons (Fsp3) is 0.300. The van der Waals surface area contributed by atoms with E-state index >= 15 is 0 Å². The van der Waals surface area contributed by atoms with Crippen molar-refractivity contribution in [3.63, 3.8) is 0 Å². The molecular formula is C20H22N2O5. The number of anilines is 1. The minimum atomic E-state index is -0.518. The topological polar surface area (TPSA) is 77.1 Å². The Morgan fingerprint density at radius 1 is 1.19 bits per heavy atom. The number of alkyl carbamates (subject to hydrolysis) is 1. The second kappa shape index (κ2) is 9.05. The van der Waals surface area contributed by atoms with Gasteiger partial charge in [0.1, 0.15) is 19.0 Å². The number of carbonyl (C=O) groups is 2. The number of carbonyl (C=O) groups excluding carboxylic acids is 2. The number of nitrogens with zero attached hydrogens (tertiary/aromatic N) is 1. The number of hydrogen-bond acceptors (Lipinski definition) is 5. The van der Waals surface area contributed by atoms with Gasteiger partial charge in [-0.1, -0.05) is 30.3 Å². The Hall–Kier alpha value is -3.06.